The van der Waals surface area contributed by atoms with Crippen LogP contribution in [0.25, 0.3) is 0 Å². The molecule has 19 heavy (non-hydrogen) atoms. The Balaban J connectivity index is 1.95. The zero-order valence-corrected chi connectivity index (χ0v) is 10.4. The average molecular weight is 260 g/mol. The van der Waals surface area contributed by atoms with Crippen molar-refractivity contribution in [2.45, 2.75) is 6.54 Å². The first-order valence-electron chi connectivity index (χ1n) is 5.72. The average Bonchev–Trinajstić information content (AvgIpc) is 2.46. The molecule has 0 fully saturated rings. The van der Waals surface area contributed by atoms with E-state index in [1.807, 2.05) is 0 Å². The first-order chi connectivity index (χ1) is 9.19. The highest BCUT2D eigenvalue weighted by molar-refractivity contribution is 5.93. The summed E-state index contributed by atoms with van der Waals surface area (Å²) in [5.74, 6) is -0.0796. The summed E-state index contributed by atoms with van der Waals surface area (Å²) in [5, 5.41) is 2.73. The molecule has 0 unspecified atom stereocenters. The van der Waals surface area contributed by atoms with Crippen LogP contribution in [0, 0.1) is 5.82 Å². The van der Waals surface area contributed by atoms with Gasteiger partial charge in [-0.1, -0.05) is 12.1 Å². The van der Waals surface area contributed by atoms with Gasteiger partial charge in [0.2, 0.25) is 5.88 Å². The maximum atomic E-state index is 12.7. The summed E-state index contributed by atoms with van der Waals surface area (Å²) in [5.41, 5.74) is 1.28. The molecule has 2 rings (SSSR count). The highest BCUT2D eigenvalue weighted by Crippen LogP contribution is 2.07. The van der Waals surface area contributed by atoms with Crippen LogP contribution in [-0.2, 0) is 6.54 Å². The molecule has 1 N–H and O–H groups in total. The van der Waals surface area contributed by atoms with E-state index in [1.165, 1.54) is 25.4 Å². The van der Waals surface area contributed by atoms with Crippen LogP contribution >= 0.6 is 0 Å². The van der Waals surface area contributed by atoms with Crippen molar-refractivity contribution in [3.63, 3.8) is 0 Å². The van der Waals surface area contributed by atoms with Crippen molar-refractivity contribution in [2.75, 3.05) is 7.11 Å². The SMILES string of the molecule is COc1ccc(C(=O)NCc2ccc(F)cc2)cn1. The number of carbonyl (C=O) groups excluding carboxylic acids is 1. The summed E-state index contributed by atoms with van der Waals surface area (Å²) < 4.78 is 17.6. The van der Waals surface area contributed by atoms with E-state index in [1.54, 1.807) is 24.3 Å². The van der Waals surface area contributed by atoms with Gasteiger partial charge in [-0.3, -0.25) is 4.79 Å². The van der Waals surface area contributed by atoms with E-state index < -0.39 is 0 Å². The Hall–Kier alpha value is -2.43. The maximum absolute atomic E-state index is 12.7. The van der Waals surface area contributed by atoms with E-state index in [-0.39, 0.29) is 11.7 Å². The topological polar surface area (TPSA) is 51.2 Å². The van der Waals surface area contributed by atoms with Gasteiger partial charge in [0.15, 0.2) is 0 Å². The number of benzene rings is 1. The molecule has 2 aromatic rings. The van der Waals surface area contributed by atoms with E-state index in [4.69, 9.17) is 4.74 Å². The number of halogens is 1. The summed E-state index contributed by atoms with van der Waals surface area (Å²) in [6, 6.07) is 9.22. The van der Waals surface area contributed by atoms with Crippen molar-refractivity contribution in [1.82, 2.24) is 10.3 Å². The second-order valence-electron chi connectivity index (χ2n) is 3.90. The number of hydrogen-bond acceptors (Lipinski definition) is 3. The van der Waals surface area contributed by atoms with E-state index in [9.17, 15) is 9.18 Å². The zero-order valence-electron chi connectivity index (χ0n) is 10.4. The molecule has 0 saturated carbocycles. The van der Waals surface area contributed by atoms with Crippen LogP contribution in [0.1, 0.15) is 15.9 Å². The third-order valence-electron chi connectivity index (χ3n) is 2.57. The number of hydrogen-bond donors (Lipinski definition) is 1. The van der Waals surface area contributed by atoms with Crippen molar-refractivity contribution in [2.24, 2.45) is 0 Å². The number of rotatable bonds is 4. The van der Waals surface area contributed by atoms with Crippen molar-refractivity contribution < 1.29 is 13.9 Å². The Labute approximate surface area is 110 Å². The number of carbonyl (C=O) groups is 1. The zero-order chi connectivity index (χ0) is 13.7. The van der Waals surface area contributed by atoms with Crippen LogP contribution in [0.5, 0.6) is 5.88 Å². The Bertz CT molecular complexity index is 553. The second-order valence-corrected chi connectivity index (χ2v) is 3.90. The van der Waals surface area contributed by atoms with E-state index in [0.717, 1.165) is 5.56 Å². The molecule has 0 spiro atoms. The second kappa shape index (κ2) is 5.95. The van der Waals surface area contributed by atoms with Crippen molar-refractivity contribution in [1.29, 1.82) is 0 Å². The number of pyridine rings is 1. The van der Waals surface area contributed by atoms with Gasteiger partial charge in [0.05, 0.1) is 12.7 Å². The lowest BCUT2D eigenvalue weighted by Crippen LogP contribution is -2.22. The summed E-state index contributed by atoms with van der Waals surface area (Å²) in [4.78, 5) is 15.8. The van der Waals surface area contributed by atoms with Gasteiger partial charge in [0.1, 0.15) is 5.82 Å². The Kier molecular flexibility index (Phi) is 4.07. The largest absolute Gasteiger partial charge is 0.481 e. The predicted octanol–water partition coefficient (Wildman–Crippen LogP) is 2.16. The lowest BCUT2D eigenvalue weighted by atomic mass is 10.2. The molecule has 1 aromatic heterocycles. The minimum absolute atomic E-state index is 0.237. The fourth-order valence-corrected chi connectivity index (χ4v) is 1.52. The first kappa shape index (κ1) is 13.0. The van der Waals surface area contributed by atoms with Crippen LogP contribution < -0.4 is 10.1 Å². The first-order valence-corrected chi connectivity index (χ1v) is 5.72. The Morgan fingerprint density at radius 2 is 2.00 bits per heavy atom. The minimum atomic E-state index is -0.297. The number of aromatic nitrogens is 1. The predicted molar refractivity (Wildman–Crippen MR) is 68.4 cm³/mol. The number of nitrogens with zero attached hydrogens (tertiary/aromatic N) is 1. The lowest BCUT2D eigenvalue weighted by Gasteiger charge is -2.05. The molecule has 1 aromatic carbocycles. The minimum Gasteiger partial charge on any atom is -0.481 e. The molecular weight excluding hydrogens is 247 g/mol. The van der Waals surface area contributed by atoms with E-state index >= 15 is 0 Å². The van der Waals surface area contributed by atoms with Gasteiger partial charge in [-0.05, 0) is 23.8 Å². The van der Waals surface area contributed by atoms with Crippen LogP contribution in [0.2, 0.25) is 0 Å². The number of methoxy groups -OCH3 is 1. The third kappa shape index (κ3) is 3.51. The Morgan fingerprint density at radius 3 is 2.58 bits per heavy atom. The third-order valence-corrected chi connectivity index (χ3v) is 2.57. The summed E-state index contributed by atoms with van der Waals surface area (Å²) >= 11 is 0. The van der Waals surface area contributed by atoms with Crippen molar-refractivity contribution in [3.05, 3.63) is 59.5 Å². The van der Waals surface area contributed by atoms with Gasteiger partial charge >= 0.3 is 0 Å². The molecule has 0 saturated heterocycles. The molecule has 98 valence electrons. The number of amides is 1. The van der Waals surface area contributed by atoms with Gasteiger partial charge in [0.25, 0.3) is 5.91 Å². The monoisotopic (exact) mass is 260 g/mol. The standard InChI is InChI=1S/C14H13FN2O2/c1-19-13-7-4-11(9-16-13)14(18)17-8-10-2-5-12(15)6-3-10/h2-7,9H,8H2,1H3,(H,17,18). The molecule has 1 heterocycles. The lowest BCUT2D eigenvalue weighted by molar-refractivity contribution is 0.0950. The van der Waals surface area contributed by atoms with Gasteiger partial charge in [-0.2, -0.15) is 0 Å². The highest BCUT2D eigenvalue weighted by atomic mass is 19.1. The van der Waals surface area contributed by atoms with Gasteiger partial charge in [-0.15, -0.1) is 0 Å². The molecule has 0 bridgehead atoms. The highest BCUT2D eigenvalue weighted by Gasteiger charge is 2.06. The molecule has 0 radical (unpaired) electrons. The van der Waals surface area contributed by atoms with Gasteiger partial charge < -0.3 is 10.1 Å². The number of ether oxygens (including phenoxy) is 1. The maximum Gasteiger partial charge on any atom is 0.253 e. The van der Waals surface area contributed by atoms with E-state index in [2.05, 4.69) is 10.3 Å². The van der Waals surface area contributed by atoms with Crippen LogP contribution in [0.3, 0.4) is 0 Å². The van der Waals surface area contributed by atoms with Crippen LogP contribution in [0.4, 0.5) is 4.39 Å². The molecule has 0 aliphatic heterocycles. The van der Waals surface area contributed by atoms with Crippen molar-refractivity contribution in [3.8, 4) is 5.88 Å². The fourth-order valence-electron chi connectivity index (χ4n) is 1.52. The van der Waals surface area contributed by atoms with E-state index in [0.29, 0.717) is 18.0 Å². The molecule has 5 heteroatoms. The molecule has 0 aliphatic rings. The fraction of sp³-hybridized carbons (Fsp3) is 0.143. The van der Waals surface area contributed by atoms with Crippen LogP contribution in [-0.4, -0.2) is 18.0 Å². The van der Waals surface area contributed by atoms with Crippen LogP contribution in [0.15, 0.2) is 42.6 Å². The molecule has 0 aliphatic carbocycles. The summed E-state index contributed by atoms with van der Waals surface area (Å²) in [6.45, 7) is 0.338. The molecule has 4 nitrogen and oxygen atoms in total. The summed E-state index contributed by atoms with van der Waals surface area (Å²) in [7, 11) is 1.51. The van der Waals surface area contributed by atoms with Gasteiger partial charge in [0, 0.05) is 18.8 Å². The number of nitrogens with one attached hydrogen (secondary N) is 1. The Morgan fingerprint density at radius 1 is 1.26 bits per heavy atom. The smallest absolute Gasteiger partial charge is 0.253 e. The van der Waals surface area contributed by atoms with Gasteiger partial charge in [-0.25, -0.2) is 9.37 Å². The summed E-state index contributed by atoms with van der Waals surface area (Å²) in [6.07, 6.45) is 1.44. The quantitative estimate of drug-likeness (QED) is 0.916. The molecular formula is C14H13FN2O2. The normalized spacial score (nSPS) is 10.0. The molecule has 1 amide bonds. The van der Waals surface area contributed by atoms with Crippen molar-refractivity contribution >= 4 is 5.91 Å². The molecule has 0 atom stereocenters.